The van der Waals surface area contributed by atoms with E-state index in [-0.39, 0.29) is 48.5 Å². The van der Waals surface area contributed by atoms with Crippen LogP contribution in [0.25, 0.3) is 22.1 Å². The number of anilines is 2. The monoisotopic (exact) mass is 1100 g/mol. The predicted molar refractivity (Wildman–Crippen MR) is 293 cm³/mol. The average molecular weight is 1110 g/mol. The van der Waals surface area contributed by atoms with Gasteiger partial charge in [-0.2, -0.15) is 10.2 Å². The molecule has 0 bridgehead atoms. The quantitative estimate of drug-likeness (QED) is 0.0472. The Balaban J connectivity index is 0.000000205. The third-order valence-electron chi connectivity index (χ3n) is 13.4. The minimum atomic E-state index is -1.07. The number of halogens is 2. The number of aromatic nitrogens is 6. The van der Waals surface area contributed by atoms with Crippen LogP contribution in [0.4, 0.5) is 11.4 Å². The lowest BCUT2D eigenvalue weighted by molar-refractivity contribution is 0.0696. The summed E-state index contributed by atoms with van der Waals surface area (Å²) in [5.41, 5.74) is 9.35. The normalized spacial score (nSPS) is 14.0. The number of hydrogen-bond donors (Lipinski definition) is 6. The summed E-state index contributed by atoms with van der Waals surface area (Å²) in [7, 11) is 0. The van der Waals surface area contributed by atoms with Crippen molar-refractivity contribution in [3.8, 4) is 0 Å². The number of nitrogens with zero attached hydrogens (tertiary/aromatic N) is 6. The van der Waals surface area contributed by atoms with Gasteiger partial charge in [0.25, 0.3) is 17.7 Å². The van der Waals surface area contributed by atoms with E-state index in [4.69, 9.17) is 31.0 Å². The second-order valence-electron chi connectivity index (χ2n) is 18.3. The molecule has 0 radical (unpaired) electrons. The number of rotatable bonds is 18. The van der Waals surface area contributed by atoms with E-state index in [2.05, 4.69) is 59.6 Å². The highest BCUT2D eigenvalue weighted by molar-refractivity contribution is 9.10. The number of aryl methyl sites for hydroxylation is 4. The third kappa shape index (κ3) is 13.1. The number of benzene rings is 3. The Morgan fingerprint density at radius 2 is 1.05 bits per heavy atom. The summed E-state index contributed by atoms with van der Waals surface area (Å²) < 4.78 is 15.6. The molecular weight excluding hydrogens is 1040 g/mol. The van der Waals surface area contributed by atoms with Gasteiger partial charge in [-0.25, -0.2) is 24.1 Å². The molecule has 7 aromatic rings. The molecule has 0 aliphatic carbocycles. The molecule has 20 heteroatoms. The van der Waals surface area contributed by atoms with Crippen LogP contribution in [0.15, 0.2) is 83.6 Å². The van der Waals surface area contributed by atoms with Crippen LogP contribution in [0, 0.1) is 0 Å². The Labute approximate surface area is 448 Å². The van der Waals surface area contributed by atoms with Crippen LogP contribution in [0.5, 0.6) is 0 Å². The van der Waals surface area contributed by atoms with Crippen molar-refractivity contribution in [2.24, 2.45) is 0 Å². The van der Waals surface area contributed by atoms with Gasteiger partial charge in [-0.05, 0) is 122 Å². The number of pyridine rings is 2. The molecule has 2 aliphatic rings. The van der Waals surface area contributed by atoms with Crippen molar-refractivity contribution < 1.29 is 33.8 Å². The van der Waals surface area contributed by atoms with Crippen molar-refractivity contribution >= 4 is 84.7 Å². The van der Waals surface area contributed by atoms with Gasteiger partial charge in [0, 0.05) is 115 Å². The van der Waals surface area contributed by atoms with Gasteiger partial charge in [-0.15, -0.1) is 0 Å². The van der Waals surface area contributed by atoms with Crippen LogP contribution >= 0.6 is 27.5 Å². The van der Waals surface area contributed by atoms with Gasteiger partial charge >= 0.3 is 5.97 Å². The number of fused-ring (bicyclic) bond motifs is 2. The van der Waals surface area contributed by atoms with Crippen molar-refractivity contribution in [2.75, 3.05) is 37.1 Å². The minimum Gasteiger partial charge on any atom is -0.478 e. The number of carbonyl (C=O) groups is 4. The van der Waals surface area contributed by atoms with Crippen LogP contribution in [-0.4, -0.2) is 96.8 Å². The fourth-order valence-corrected chi connectivity index (χ4v) is 9.82. The van der Waals surface area contributed by atoms with E-state index < -0.39 is 5.97 Å². The molecule has 6 N–H and O–H groups in total. The van der Waals surface area contributed by atoms with E-state index in [0.29, 0.717) is 80.6 Å². The first-order chi connectivity index (χ1) is 36.4. The Morgan fingerprint density at radius 1 is 0.627 bits per heavy atom. The topological polar surface area (TPSA) is 229 Å². The van der Waals surface area contributed by atoms with E-state index in [0.717, 1.165) is 91.7 Å². The smallest absolute Gasteiger partial charge is 0.335 e. The SMILES string of the molecule is CCc1nc2c(cnn2CC)c(NC2CCOCC2)c1CNC(=O)c1cccc(C(=O)NCc2ccc(Cl)c(Br)c2)c1.CCc1nc2c(cnn2CC)c(NC2CCOCC2)c1CNC(=O)c1cccc(C(=O)O)c1. The predicted octanol–water partition coefficient (Wildman–Crippen LogP) is 9.11. The van der Waals surface area contributed by atoms with E-state index in [9.17, 15) is 24.3 Å². The van der Waals surface area contributed by atoms with Gasteiger partial charge in [0.15, 0.2) is 11.3 Å². The second-order valence-corrected chi connectivity index (χ2v) is 19.5. The molecule has 2 saturated heterocycles. The lowest BCUT2D eigenvalue weighted by Crippen LogP contribution is -2.30. The van der Waals surface area contributed by atoms with Crippen LogP contribution in [0.1, 0.15) is 123 Å². The maximum absolute atomic E-state index is 13.3. The molecule has 3 aromatic carbocycles. The standard InChI is InChI=1S/C31H34BrClN6O3.C24H29N5O4/c1-3-27-23(28(37-22-10-12-42-13-11-22)24-18-36-39(4-2)29(24)38-27)17-35-31(41)21-7-5-6-20(15-21)30(40)34-16-19-8-9-26(33)25(32)14-19;1-3-20-18(13-25-23(30)15-6-5-7-16(12-15)24(31)32)21(27-17-8-10-33-11-9-17)19-14-26-29(4-2)22(19)28-20/h5-9,14-15,18,22H,3-4,10-13,16-17H2,1-2H3,(H,34,40)(H,35,41)(H,37,38);5-7,12,14,17H,3-4,8-11,13H2,1-2H3,(H,25,30)(H,27,28)(H,31,32). The zero-order chi connectivity index (χ0) is 53.0. The second kappa shape index (κ2) is 25.5. The summed E-state index contributed by atoms with van der Waals surface area (Å²) in [6.45, 7) is 13.4. The number of carboxylic acid groups (broad SMARTS) is 1. The molecule has 0 saturated carbocycles. The largest absolute Gasteiger partial charge is 0.478 e. The number of ether oxygens (including phenoxy) is 2. The van der Waals surface area contributed by atoms with Crippen LogP contribution < -0.4 is 26.6 Å². The van der Waals surface area contributed by atoms with E-state index in [1.807, 2.05) is 54.7 Å². The zero-order valence-corrected chi connectivity index (χ0v) is 44.9. The van der Waals surface area contributed by atoms with Crippen molar-refractivity contribution in [1.82, 2.24) is 45.5 Å². The molecule has 2 fully saturated rings. The van der Waals surface area contributed by atoms with Gasteiger partial charge in [0.05, 0.1) is 45.1 Å². The van der Waals surface area contributed by atoms with Crippen molar-refractivity contribution in [2.45, 2.75) is 111 Å². The number of amides is 3. The molecule has 394 valence electrons. The van der Waals surface area contributed by atoms with Crippen LogP contribution in [-0.2, 0) is 55.0 Å². The summed E-state index contributed by atoms with van der Waals surface area (Å²) >= 11 is 9.47. The van der Waals surface area contributed by atoms with Crippen molar-refractivity contribution in [1.29, 1.82) is 0 Å². The number of aromatic carboxylic acids is 1. The molecule has 75 heavy (non-hydrogen) atoms. The van der Waals surface area contributed by atoms with Crippen LogP contribution in [0.3, 0.4) is 0 Å². The fraction of sp³-hybridized carbons (Fsp3) is 0.382. The number of nitrogens with one attached hydrogen (secondary N) is 5. The average Bonchev–Trinajstić information content (AvgIpc) is 4.07. The summed E-state index contributed by atoms with van der Waals surface area (Å²) in [6, 6.07) is 18.8. The Morgan fingerprint density at radius 3 is 1.47 bits per heavy atom. The maximum atomic E-state index is 13.3. The number of carboxylic acids is 1. The highest BCUT2D eigenvalue weighted by Crippen LogP contribution is 2.33. The Bertz CT molecular complexity index is 3190. The van der Waals surface area contributed by atoms with Gasteiger partial charge in [-0.1, -0.05) is 43.6 Å². The first-order valence-corrected chi connectivity index (χ1v) is 26.7. The van der Waals surface area contributed by atoms with Gasteiger partial charge in [0.1, 0.15) is 0 Å². The highest BCUT2D eigenvalue weighted by Gasteiger charge is 2.25. The molecule has 6 heterocycles. The Kier molecular flexibility index (Phi) is 18.5. The van der Waals surface area contributed by atoms with Crippen molar-refractivity contribution in [3.63, 3.8) is 0 Å². The van der Waals surface area contributed by atoms with Crippen molar-refractivity contribution in [3.05, 3.63) is 139 Å². The molecule has 4 aromatic heterocycles. The Hall–Kier alpha value is -6.93. The van der Waals surface area contributed by atoms with Crippen LogP contribution in [0.2, 0.25) is 5.02 Å². The number of hydrogen-bond acceptors (Lipinski definition) is 12. The molecule has 18 nitrogen and oxygen atoms in total. The van der Waals surface area contributed by atoms with Gasteiger partial charge < -0.3 is 41.2 Å². The molecule has 0 atom stereocenters. The fourth-order valence-electron chi connectivity index (χ4n) is 9.27. The molecule has 0 unspecified atom stereocenters. The minimum absolute atomic E-state index is 0.0776. The first-order valence-electron chi connectivity index (χ1n) is 25.5. The van der Waals surface area contributed by atoms with E-state index in [1.54, 1.807) is 42.5 Å². The molecule has 9 rings (SSSR count). The van der Waals surface area contributed by atoms with E-state index >= 15 is 0 Å². The summed E-state index contributed by atoms with van der Waals surface area (Å²) in [5.74, 6) is -1.94. The lowest BCUT2D eigenvalue weighted by atomic mass is 10.0. The molecule has 2 aliphatic heterocycles. The summed E-state index contributed by atoms with van der Waals surface area (Å²) in [4.78, 5) is 60.1. The highest BCUT2D eigenvalue weighted by atomic mass is 79.9. The molecule has 0 spiro atoms. The van der Waals surface area contributed by atoms with E-state index in [1.165, 1.54) is 12.1 Å². The first kappa shape index (κ1) is 54.3. The summed E-state index contributed by atoms with van der Waals surface area (Å²) in [6.07, 6.45) is 8.71. The number of carbonyl (C=O) groups excluding carboxylic acids is 3. The molecule has 3 amide bonds. The summed E-state index contributed by atoms with van der Waals surface area (Å²) in [5, 5.41) is 37.1. The zero-order valence-electron chi connectivity index (χ0n) is 42.6. The maximum Gasteiger partial charge on any atom is 0.335 e. The third-order valence-corrected chi connectivity index (χ3v) is 14.6. The lowest BCUT2D eigenvalue weighted by Gasteiger charge is -2.26. The van der Waals surface area contributed by atoms with Gasteiger partial charge in [0.2, 0.25) is 0 Å². The van der Waals surface area contributed by atoms with Gasteiger partial charge in [-0.3, -0.25) is 14.4 Å². The molecular formula is C55H63BrClN11O7.